The Morgan fingerprint density at radius 3 is 2.69 bits per heavy atom. The molecular weight excluding hydrogens is 382 g/mol. The first kappa shape index (κ1) is 20.8. The van der Waals surface area contributed by atoms with E-state index in [1.165, 1.54) is 12.1 Å². The van der Waals surface area contributed by atoms with Crippen LogP contribution in [0, 0.1) is 0 Å². The number of carbonyl (C=O) groups excluding carboxylic acids is 1. The van der Waals surface area contributed by atoms with E-state index in [4.69, 9.17) is 15.2 Å². The molecule has 1 fully saturated rings. The summed E-state index contributed by atoms with van der Waals surface area (Å²) in [4.78, 5) is 13.8. The summed E-state index contributed by atoms with van der Waals surface area (Å²) in [6, 6.07) is 4.52. The van der Waals surface area contributed by atoms with E-state index in [1.807, 2.05) is 0 Å². The minimum atomic E-state index is -3.72. The average Bonchev–Trinajstić information content (AvgIpc) is 2.88. The molecule has 0 saturated carbocycles. The molecule has 146 valence electrons. The van der Waals surface area contributed by atoms with Gasteiger partial charge in [0.05, 0.1) is 18.1 Å². The molecule has 1 aromatic carbocycles. The number of hydrogen-bond acceptors (Lipinski definition) is 6. The van der Waals surface area contributed by atoms with Gasteiger partial charge in [-0.15, -0.1) is 12.4 Å². The minimum Gasteiger partial charge on any atom is -0.490 e. The highest BCUT2D eigenvalue weighted by atomic mass is 35.5. The fourth-order valence-corrected chi connectivity index (χ4v) is 3.91. The summed E-state index contributed by atoms with van der Waals surface area (Å²) in [6.45, 7) is 2.24. The van der Waals surface area contributed by atoms with Crippen LogP contribution < -0.4 is 19.9 Å². The molecule has 0 aromatic heterocycles. The highest BCUT2D eigenvalue weighted by Crippen LogP contribution is 2.31. The predicted molar refractivity (Wildman–Crippen MR) is 98.3 cm³/mol. The Kier molecular flexibility index (Phi) is 7.10. The number of benzene rings is 1. The van der Waals surface area contributed by atoms with Crippen molar-refractivity contribution < 1.29 is 22.7 Å². The molecule has 1 amide bonds. The van der Waals surface area contributed by atoms with E-state index in [9.17, 15) is 13.2 Å². The first-order valence-electron chi connectivity index (χ1n) is 8.38. The van der Waals surface area contributed by atoms with Crippen molar-refractivity contribution in [3.05, 3.63) is 18.2 Å². The maximum atomic E-state index is 12.4. The summed E-state index contributed by atoms with van der Waals surface area (Å²) in [5.41, 5.74) is 5.78. The van der Waals surface area contributed by atoms with Crippen molar-refractivity contribution in [1.82, 2.24) is 9.62 Å². The third kappa shape index (κ3) is 5.00. The molecule has 0 unspecified atom stereocenters. The number of nitrogens with two attached hydrogens (primary N) is 1. The second-order valence-corrected chi connectivity index (χ2v) is 7.96. The fourth-order valence-electron chi connectivity index (χ4n) is 2.86. The van der Waals surface area contributed by atoms with Crippen molar-refractivity contribution in [1.29, 1.82) is 0 Å². The van der Waals surface area contributed by atoms with Crippen LogP contribution in [-0.4, -0.2) is 58.1 Å². The van der Waals surface area contributed by atoms with Crippen LogP contribution in [0.25, 0.3) is 0 Å². The number of likely N-dealkylation sites (tertiary alicyclic amines) is 1. The molecule has 1 atom stereocenters. The Balaban J connectivity index is 0.00000243. The number of sulfonamides is 1. The number of halogens is 1. The molecule has 2 aliphatic rings. The van der Waals surface area contributed by atoms with E-state index in [2.05, 4.69) is 4.72 Å². The van der Waals surface area contributed by atoms with Crippen LogP contribution in [0.2, 0.25) is 0 Å². The number of hydrogen-bond donors (Lipinski definition) is 2. The Morgan fingerprint density at radius 2 is 2.00 bits per heavy atom. The van der Waals surface area contributed by atoms with Gasteiger partial charge in [0, 0.05) is 44.6 Å². The van der Waals surface area contributed by atoms with E-state index in [0.717, 1.165) is 12.8 Å². The number of nitrogens with zero attached hydrogens (tertiary/aromatic N) is 1. The van der Waals surface area contributed by atoms with Gasteiger partial charge in [-0.25, -0.2) is 13.1 Å². The third-order valence-electron chi connectivity index (χ3n) is 4.24. The Morgan fingerprint density at radius 1 is 1.27 bits per heavy atom. The average molecular weight is 406 g/mol. The second kappa shape index (κ2) is 8.90. The first-order chi connectivity index (χ1) is 12.0. The van der Waals surface area contributed by atoms with Gasteiger partial charge in [0.15, 0.2) is 11.5 Å². The molecule has 1 aromatic rings. The van der Waals surface area contributed by atoms with Gasteiger partial charge in [-0.3, -0.25) is 4.79 Å². The molecule has 0 radical (unpaired) electrons. The zero-order valence-electron chi connectivity index (χ0n) is 14.3. The molecule has 3 N–H and O–H groups in total. The highest BCUT2D eigenvalue weighted by molar-refractivity contribution is 7.89. The van der Waals surface area contributed by atoms with Gasteiger partial charge in [0.25, 0.3) is 0 Å². The molecule has 0 aliphatic carbocycles. The van der Waals surface area contributed by atoms with Gasteiger partial charge < -0.3 is 20.1 Å². The van der Waals surface area contributed by atoms with Crippen molar-refractivity contribution in [3.63, 3.8) is 0 Å². The maximum Gasteiger partial charge on any atom is 0.240 e. The highest BCUT2D eigenvalue weighted by Gasteiger charge is 2.24. The predicted octanol–water partition coefficient (Wildman–Crippen LogP) is 0.498. The summed E-state index contributed by atoms with van der Waals surface area (Å²) in [7, 11) is -3.72. The topological polar surface area (TPSA) is 111 Å². The normalized spacial score (nSPS) is 19.6. The molecule has 2 aliphatic heterocycles. The van der Waals surface area contributed by atoms with Crippen LogP contribution in [0.5, 0.6) is 11.5 Å². The standard InChI is InChI=1S/C16H23N3O5S.ClH/c17-12-5-7-19(11-12)16(20)4-6-18-25(21,22)13-2-3-14-15(10-13)24-9-1-8-23-14;/h2-3,10,12,18H,1,4-9,11,17H2;1H/t12-;/m1./s1. The fraction of sp³-hybridized carbons (Fsp3) is 0.562. The van der Waals surface area contributed by atoms with Gasteiger partial charge in [-0.2, -0.15) is 0 Å². The lowest BCUT2D eigenvalue weighted by Gasteiger charge is -2.16. The number of ether oxygens (including phenoxy) is 2. The first-order valence-corrected chi connectivity index (χ1v) is 9.87. The lowest BCUT2D eigenvalue weighted by atomic mass is 10.3. The van der Waals surface area contributed by atoms with E-state index >= 15 is 0 Å². The number of nitrogens with one attached hydrogen (secondary N) is 1. The molecule has 26 heavy (non-hydrogen) atoms. The number of rotatable bonds is 5. The van der Waals surface area contributed by atoms with Crippen molar-refractivity contribution in [2.24, 2.45) is 5.73 Å². The van der Waals surface area contributed by atoms with E-state index in [-0.39, 0.29) is 42.2 Å². The van der Waals surface area contributed by atoms with Gasteiger partial charge in [-0.05, 0) is 18.6 Å². The molecule has 0 bridgehead atoms. The zero-order chi connectivity index (χ0) is 17.9. The quantitative estimate of drug-likeness (QED) is 0.737. The van der Waals surface area contributed by atoms with Crippen LogP contribution in [0.4, 0.5) is 0 Å². The Bertz CT molecular complexity index is 743. The van der Waals surface area contributed by atoms with Crippen LogP contribution in [0.1, 0.15) is 19.3 Å². The van der Waals surface area contributed by atoms with Crippen LogP contribution >= 0.6 is 12.4 Å². The Labute approximate surface area is 159 Å². The largest absolute Gasteiger partial charge is 0.490 e. The van der Waals surface area contributed by atoms with Gasteiger partial charge >= 0.3 is 0 Å². The van der Waals surface area contributed by atoms with E-state index in [0.29, 0.717) is 37.8 Å². The molecular formula is C16H24ClN3O5S. The number of amides is 1. The molecule has 3 rings (SSSR count). The monoisotopic (exact) mass is 405 g/mol. The molecule has 1 saturated heterocycles. The maximum absolute atomic E-state index is 12.4. The van der Waals surface area contributed by atoms with E-state index < -0.39 is 10.0 Å². The third-order valence-corrected chi connectivity index (χ3v) is 5.70. The molecule has 0 spiro atoms. The lowest BCUT2D eigenvalue weighted by Crippen LogP contribution is -2.34. The summed E-state index contributed by atoms with van der Waals surface area (Å²) < 4.78 is 38.3. The van der Waals surface area contributed by atoms with Crippen molar-refractivity contribution in [2.75, 3.05) is 32.8 Å². The zero-order valence-corrected chi connectivity index (χ0v) is 16.0. The summed E-state index contributed by atoms with van der Waals surface area (Å²) >= 11 is 0. The van der Waals surface area contributed by atoms with Gasteiger partial charge in [0.1, 0.15) is 0 Å². The second-order valence-electron chi connectivity index (χ2n) is 6.20. The Hall–Kier alpha value is -1.55. The summed E-state index contributed by atoms with van der Waals surface area (Å²) in [6.07, 6.45) is 1.64. The van der Waals surface area contributed by atoms with Crippen molar-refractivity contribution in [3.8, 4) is 11.5 Å². The summed E-state index contributed by atoms with van der Waals surface area (Å²) in [5.74, 6) is 0.869. The SMILES string of the molecule is Cl.N[C@@H]1CCN(C(=O)CCNS(=O)(=O)c2ccc3c(c2)OCCCO3)C1. The minimum absolute atomic E-state index is 0. The smallest absolute Gasteiger partial charge is 0.240 e. The number of fused-ring (bicyclic) bond motifs is 1. The van der Waals surface area contributed by atoms with Gasteiger partial charge in [-0.1, -0.05) is 0 Å². The number of carbonyl (C=O) groups is 1. The van der Waals surface area contributed by atoms with E-state index in [1.54, 1.807) is 11.0 Å². The molecule has 8 nitrogen and oxygen atoms in total. The summed E-state index contributed by atoms with van der Waals surface area (Å²) in [5, 5.41) is 0. The van der Waals surface area contributed by atoms with Crippen molar-refractivity contribution in [2.45, 2.75) is 30.2 Å². The van der Waals surface area contributed by atoms with Gasteiger partial charge in [0.2, 0.25) is 15.9 Å². The molecule has 10 heteroatoms. The lowest BCUT2D eigenvalue weighted by molar-refractivity contribution is -0.130. The van der Waals surface area contributed by atoms with Crippen LogP contribution in [-0.2, 0) is 14.8 Å². The molecule has 2 heterocycles. The van der Waals surface area contributed by atoms with Crippen LogP contribution in [0.3, 0.4) is 0 Å². The van der Waals surface area contributed by atoms with Crippen molar-refractivity contribution >= 4 is 28.3 Å². The van der Waals surface area contributed by atoms with Crippen LogP contribution in [0.15, 0.2) is 23.1 Å².